The van der Waals surface area contributed by atoms with Gasteiger partial charge in [0.15, 0.2) is 4.80 Å². The molecule has 1 saturated carbocycles. The van der Waals surface area contributed by atoms with E-state index < -0.39 is 0 Å². The summed E-state index contributed by atoms with van der Waals surface area (Å²) in [7, 11) is 0. The Labute approximate surface area is 86.1 Å². The van der Waals surface area contributed by atoms with Crippen LogP contribution in [0, 0.1) is 12.3 Å². The molecule has 76 valence electrons. The van der Waals surface area contributed by atoms with Gasteiger partial charge < -0.3 is 9.88 Å². The van der Waals surface area contributed by atoms with Gasteiger partial charge in [-0.15, -0.1) is 11.3 Å². The van der Waals surface area contributed by atoms with E-state index in [1.165, 1.54) is 11.3 Å². The van der Waals surface area contributed by atoms with E-state index in [2.05, 4.69) is 5.32 Å². The van der Waals surface area contributed by atoms with Crippen molar-refractivity contribution in [3.8, 4) is 0 Å². The van der Waals surface area contributed by atoms with Gasteiger partial charge in [-0.3, -0.25) is 10.2 Å². The average Bonchev–Trinajstić information content (AvgIpc) is 2.88. The minimum atomic E-state index is 0.0208. The van der Waals surface area contributed by atoms with Gasteiger partial charge in [-0.25, -0.2) is 0 Å². The number of carbonyl (C=O) groups excluding carboxylic acids is 1. The van der Waals surface area contributed by atoms with E-state index >= 15 is 0 Å². The highest BCUT2D eigenvalue weighted by molar-refractivity contribution is 7.07. The zero-order valence-electron chi connectivity index (χ0n) is 8.04. The standard InChI is InChI=1S/C9H13N3OS/c1-6-5-14-9(10)12(6)4-8(13)11-7-2-3-7/h5,7,10H,2-4H2,1H3,(H,11,13). The monoisotopic (exact) mass is 211 g/mol. The topological polar surface area (TPSA) is 57.9 Å². The molecule has 1 heterocycles. The molecule has 0 aliphatic heterocycles. The molecule has 5 heteroatoms. The number of nitrogens with zero attached hydrogens (tertiary/aromatic N) is 1. The molecule has 0 bridgehead atoms. The van der Waals surface area contributed by atoms with E-state index in [0.717, 1.165) is 18.5 Å². The Morgan fingerprint density at radius 1 is 1.79 bits per heavy atom. The van der Waals surface area contributed by atoms with Crippen molar-refractivity contribution in [1.82, 2.24) is 9.88 Å². The molecule has 2 rings (SSSR count). The minimum absolute atomic E-state index is 0.0208. The van der Waals surface area contributed by atoms with Gasteiger partial charge in [-0.05, 0) is 19.8 Å². The van der Waals surface area contributed by atoms with Crippen molar-refractivity contribution < 1.29 is 4.79 Å². The lowest BCUT2D eigenvalue weighted by Crippen LogP contribution is -2.32. The lowest BCUT2D eigenvalue weighted by molar-refractivity contribution is -0.121. The maximum absolute atomic E-state index is 11.5. The van der Waals surface area contributed by atoms with Crippen molar-refractivity contribution in [2.75, 3.05) is 0 Å². The Bertz CT molecular complexity index is 402. The van der Waals surface area contributed by atoms with E-state index in [0.29, 0.717) is 10.8 Å². The van der Waals surface area contributed by atoms with Crippen molar-refractivity contribution in [3.63, 3.8) is 0 Å². The Kier molecular flexibility index (Phi) is 2.41. The first-order valence-electron chi connectivity index (χ1n) is 4.65. The molecule has 1 fully saturated rings. The zero-order chi connectivity index (χ0) is 10.1. The summed E-state index contributed by atoms with van der Waals surface area (Å²) in [5.74, 6) is 0.0208. The second kappa shape index (κ2) is 3.57. The summed E-state index contributed by atoms with van der Waals surface area (Å²) in [6.07, 6.45) is 2.21. The number of aryl methyl sites for hydroxylation is 1. The van der Waals surface area contributed by atoms with Gasteiger partial charge in [0.05, 0.1) is 0 Å². The number of rotatable bonds is 3. The summed E-state index contributed by atoms with van der Waals surface area (Å²) in [6.45, 7) is 2.20. The van der Waals surface area contributed by atoms with E-state index in [9.17, 15) is 4.79 Å². The van der Waals surface area contributed by atoms with Gasteiger partial charge in [-0.2, -0.15) is 0 Å². The molecular formula is C9H13N3OS. The fraction of sp³-hybridized carbons (Fsp3) is 0.556. The second-order valence-corrected chi connectivity index (χ2v) is 4.47. The number of amides is 1. The van der Waals surface area contributed by atoms with Crippen LogP contribution < -0.4 is 10.1 Å². The zero-order valence-corrected chi connectivity index (χ0v) is 8.86. The number of aromatic nitrogens is 1. The first kappa shape index (κ1) is 9.45. The van der Waals surface area contributed by atoms with Crippen molar-refractivity contribution >= 4 is 17.2 Å². The van der Waals surface area contributed by atoms with Crippen LogP contribution in [0.5, 0.6) is 0 Å². The minimum Gasteiger partial charge on any atom is -0.352 e. The first-order chi connectivity index (χ1) is 6.66. The summed E-state index contributed by atoms with van der Waals surface area (Å²) < 4.78 is 1.72. The molecule has 0 radical (unpaired) electrons. The molecule has 0 saturated heterocycles. The quantitative estimate of drug-likeness (QED) is 0.756. The molecule has 1 amide bonds. The number of hydrogen-bond acceptors (Lipinski definition) is 3. The van der Waals surface area contributed by atoms with Crippen LogP contribution in [0.15, 0.2) is 5.38 Å². The molecule has 0 unspecified atom stereocenters. The molecule has 1 aromatic heterocycles. The van der Waals surface area contributed by atoms with Gasteiger partial charge in [-0.1, -0.05) is 0 Å². The Morgan fingerprint density at radius 3 is 3.00 bits per heavy atom. The molecule has 4 nitrogen and oxygen atoms in total. The van der Waals surface area contributed by atoms with Crippen molar-refractivity contribution in [2.45, 2.75) is 32.4 Å². The van der Waals surface area contributed by atoms with Crippen LogP contribution in [-0.4, -0.2) is 16.5 Å². The molecule has 1 aromatic rings. The van der Waals surface area contributed by atoms with Gasteiger partial charge in [0.25, 0.3) is 0 Å². The Morgan fingerprint density at radius 2 is 2.50 bits per heavy atom. The fourth-order valence-electron chi connectivity index (χ4n) is 1.27. The SMILES string of the molecule is Cc1csc(=N)n1CC(=O)NC1CC1. The van der Waals surface area contributed by atoms with Crippen LogP contribution in [-0.2, 0) is 11.3 Å². The molecule has 1 aliphatic rings. The van der Waals surface area contributed by atoms with E-state index in [1.807, 2.05) is 12.3 Å². The molecule has 1 aliphatic carbocycles. The predicted molar refractivity (Wildman–Crippen MR) is 54.1 cm³/mol. The molecule has 0 atom stereocenters. The van der Waals surface area contributed by atoms with Crippen molar-refractivity contribution in [1.29, 1.82) is 5.41 Å². The van der Waals surface area contributed by atoms with Gasteiger partial charge in [0.2, 0.25) is 5.91 Å². The number of thiazole rings is 1. The maximum atomic E-state index is 11.5. The van der Waals surface area contributed by atoms with Gasteiger partial charge >= 0.3 is 0 Å². The van der Waals surface area contributed by atoms with Gasteiger partial charge in [0.1, 0.15) is 6.54 Å². The van der Waals surface area contributed by atoms with Crippen molar-refractivity contribution in [3.05, 3.63) is 15.9 Å². The summed E-state index contributed by atoms with van der Waals surface area (Å²) in [5, 5.41) is 12.4. The maximum Gasteiger partial charge on any atom is 0.240 e. The van der Waals surface area contributed by atoms with E-state index in [1.54, 1.807) is 4.57 Å². The Hall–Kier alpha value is -1.10. The van der Waals surface area contributed by atoms with Crippen molar-refractivity contribution in [2.24, 2.45) is 0 Å². The third kappa shape index (κ3) is 2.04. The smallest absolute Gasteiger partial charge is 0.240 e. The second-order valence-electron chi connectivity index (χ2n) is 3.61. The van der Waals surface area contributed by atoms with Crippen LogP contribution in [0.2, 0.25) is 0 Å². The summed E-state index contributed by atoms with van der Waals surface area (Å²) in [4.78, 5) is 11.9. The average molecular weight is 211 g/mol. The predicted octanol–water partition coefficient (Wildman–Crippen LogP) is 0.616. The molecular weight excluding hydrogens is 198 g/mol. The van der Waals surface area contributed by atoms with Crippen LogP contribution in [0.1, 0.15) is 18.5 Å². The van der Waals surface area contributed by atoms with E-state index in [4.69, 9.17) is 5.41 Å². The highest BCUT2D eigenvalue weighted by Crippen LogP contribution is 2.18. The molecule has 0 spiro atoms. The number of nitrogens with one attached hydrogen (secondary N) is 2. The largest absolute Gasteiger partial charge is 0.352 e. The van der Waals surface area contributed by atoms with Crippen LogP contribution in [0.25, 0.3) is 0 Å². The summed E-state index contributed by atoms with van der Waals surface area (Å²) in [6, 6.07) is 0.399. The third-order valence-electron chi connectivity index (χ3n) is 2.26. The van der Waals surface area contributed by atoms with Gasteiger partial charge in [0, 0.05) is 17.1 Å². The number of hydrogen-bond donors (Lipinski definition) is 2. The van der Waals surface area contributed by atoms with Crippen LogP contribution >= 0.6 is 11.3 Å². The molecule has 0 aromatic carbocycles. The Balaban J connectivity index is 2.02. The van der Waals surface area contributed by atoms with Crippen LogP contribution in [0.3, 0.4) is 0 Å². The van der Waals surface area contributed by atoms with E-state index in [-0.39, 0.29) is 12.5 Å². The first-order valence-corrected chi connectivity index (χ1v) is 5.53. The lowest BCUT2D eigenvalue weighted by atomic mass is 10.5. The third-order valence-corrected chi connectivity index (χ3v) is 3.16. The fourth-order valence-corrected chi connectivity index (χ4v) is 2.01. The summed E-state index contributed by atoms with van der Waals surface area (Å²) in [5.41, 5.74) is 0.978. The molecule has 2 N–H and O–H groups in total. The number of carbonyl (C=O) groups is 1. The normalized spacial score (nSPS) is 15.5. The highest BCUT2D eigenvalue weighted by Gasteiger charge is 2.23. The highest BCUT2D eigenvalue weighted by atomic mass is 32.1. The lowest BCUT2D eigenvalue weighted by Gasteiger charge is -2.05. The molecule has 14 heavy (non-hydrogen) atoms. The van der Waals surface area contributed by atoms with Crippen LogP contribution in [0.4, 0.5) is 0 Å². The summed E-state index contributed by atoms with van der Waals surface area (Å²) >= 11 is 1.36.